The predicted molar refractivity (Wildman–Crippen MR) is 117 cm³/mol. The number of likely N-dealkylation sites (tertiary alicyclic amines) is 1. The van der Waals surface area contributed by atoms with Crippen molar-refractivity contribution in [3.8, 4) is 0 Å². The second-order valence-electron chi connectivity index (χ2n) is 8.69. The van der Waals surface area contributed by atoms with Gasteiger partial charge in [-0.15, -0.1) is 0 Å². The normalized spacial score (nSPS) is 22.6. The number of ether oxygens (including phenoxy) is 1. The standard InChI is InChI=1S/C22H31ClN4O2/c1-6-15-11-14(12-16(7-2)27(15)21(28)29-22(3,4)5)25-20-17-9-8-10-24-18(17)13-19(23)26-20/h8-10,13-16H,6-7,11-12H2,1-5H3,(H,25,26). The molecule has 29 heavy (non-hydrogen) atoms. The van der Waals surface area contributed by atoms with Crippen molar-refractivity contribution in [1.82, 2.24) is 14.9 Å². The SMILES string of the molecule is CCC1CC(Nc2nc(Cl)cc3ncccc23)CC(CC)N1C(=O)OC(C)(C)C. The number of pyridine rings is 2. The molecule has 2 aromatic rings. The molecular formula is C22H31ClN4O2. The summed E-state index contributed by atoms with van der Waals surface area (Å²) < 4.78 is 5.70. The van der Waals surface area contributed by atoms with Gasteiger partial charge in [0.15, 0.2) is 0 Å². The van der Waals surface area contributed by atoms with Crippen LogP contribution in [0.4, 0.5) is 10.6 Å². The molecule has 1 aliphatic heterocycles. The van der Waals surface area contributed by atoms with Gasteiger partial charge >= 0.3 is 6.09 Å². The molecule has 7 heteroatoms. The van der Waals surface area contributed by atoms with E-state index in [1.807, 2.05) is 37.8 Å². The van der Waals surface area contributed by atoms with E-state index in [4.69, 9.17) is 16.3 Å². The van der Waals surface area contributed by atoms with Gasteiger partial charge in [-0.1, -0.05) is 25.4 Å². The molecule has 1 saturated heterocycles. The van der Waals surface area contributed by atoms with Crippen molar-refractivity contribution in [3.63, 3.8) is 0 Å². The first kappa shape index (κ1) is 21.6. The van der Waals surface area contributed by atoms with Crippen molar-refractivity contribution in [2.45, 2.75) is 84.0 Å². The Kier molecular flexibility index (Phi) is 6.52. The van der Waals surface area contributed by atoms with E-state index in [1.54, 1.807) is 12.3 Å². The first-order valence-electron chi connectivity index (χ1n) is 10.4. The third-order valence-corrected chi connectivity index (χ3v) is 5.55. The number of hydrogen-bond donors (Lipinski definition) is 1. The summed E-state index contributed by atoms with van der Waals surface area (Å²) in [5.41, 5.74) is 0.319. The monoisotopic (exact) mass is 418 g/mol. The lowest BCUT2D eigenvalue weighted by Crippen LogP contribution is -2.55. The summed E-state index contributed by atoms with van der Waals surface area (Å²) in [5.74, 6) is 0.751. The highest BCUT2D eigenvalue weighted by Gasteiger charge is 2.39. The number of rotatable bonds is 4. The van der Waals surface area contributed by atoms with Crippen LogP contribution in [0.2, 0.25) is 5.15 Å². The molecule has 0 bridgehead atoms. The van der Waals surface area contributed by atoms with E-state index in [2.05, 4.69) is 29.1 Å². The van der Waals surface area contributed by atoms with Crippen molar-refractivity contribution in [3.05, 3.63) is 29.5 Å². The molecule has 1 fully saturated rings. The molecule has 2 aromatic heterocycles. The summed E-state index contributed by atoms with van der Waals surface area (Å²) in [7, 11) is 0. The first-order chi connectivity index (χ1) is 13.7. The van der Waals surface area contributed by atoms with Gasteiger partial charge in [-0.2, -0.15) is 0 Å². The number of anilines is 1. The molecule has 1 aliphatic rings. The van der Waals surface area contributed by atoms with Crippen LogP contribution in [0.15, 0.2) is 24.4 Å². The Hall–Kier alpha value is -2.08. The number of carbonyl (C=O) groups is 1. The third kappa shape index (κ3) is 5.10. The molecule has 1 N–H and O–H groups in total. The first-order valence-corrected chi connectivity index (χ1v) is 10.8. The smallest absolute Gasteiger partial charge is 0.410 e. The molecule has 2 unspecified atom stereocenters. The Labute approximate surface area is 178 Å². The molecule has 0 aromatic carbocycles. The van der Waals surface area contributed by atoms with Crippen molar-refractivity contribution in [2.75, 3.05) is 5.32 Å². The second-order valence-corrected chi connectivity index (χ2v) is 9.08. The third-order valence-electron chi connectivity index (χ3n) is 5.36. The molecule has 0 saturated carbocycles. The van der Waals surface area contributed by atoms with E-state index in [0.717, 1.165) is 42.4 Å². The average Bonchev–Trinajstić information content (AvgIpc) is 2.65. The number of aromatic nitrogens is 2. The minimum Gasteiger partial charge on any atom is -0.444 e. The molecule has 3 rings (SSSR count). The molecule has 158 valence electrons. The van der Waals surface area contributed by atoms with Gasteiger partial charge in [-0.25, -0.2) is 9.78 Å². The van der Waals surface area contributed by atoms with E-state index >= 15 is 0 Å². The largest absolute Gasteiger partial charge is 0.444 e. The van der Waals surface area contributed by atoms with Crippen LogP contribution in [0.3, 0.4) is 0 Å². The Morgan fingerprint density at radius 2 is 1.93 bits per heavy atom. The molecule has 6 nitrogen and oxygen atoms in total. The molecule has 1 amide bonds. The lowest BCUT2D eigenvalue weighted by atomic mass is 9.89. The fourth-order valence-electron chi connectivity index (χ4n) is 4.08. The van der Waals surface area contributed by atoms with Crippen LogP contribution in [0, 0.1) is 0 Å². The second kappa shape index (κ2) is 8.74. The zero-order valence-electron chi connectivity index (χ0n) is 17.9. The van der Waals surface area contributed by atoms with Gasteiger partial charge in [0, 0.05) is 35.8 Å². The van der Waals surface area contributed by atoms with Crippen molar-refractivity contribution >= 4 is 34.4 Å². The van der Waals surface area contributed by atoms with Crippen LogP contribution < -0.4 is 5.32 Å². The van der Waals surface area contributed by atoms with Gasteiger partial charge in [-0.3, -0.25) is 4.98 Å². The summed E-state index contributed by atoms with van der Waals surface area (Å²) in [6.45, 7) is 9.96. The lowest BCUT2D eigenvalue weighted by molar-refractivity contribution is -0.00810. The quantitative estimate of drug-likeness (QED) is 0.649. The highest BCUT2D eigenvalue weighted by molar-refractivity contribution is 6.30. The van der Waals surface area contributed by atoms with Crippen LogP contribution in [-0.4, -0.2) is 44.7 Å². The number of carbonyl (C=O) groups excluding carboxylic acids is 1. The summed E-state index contributed by atoms with van der Waals surface area (Å²) in [5, 5.41) is 4.96. The van der Waals surface area contributed by atoms with Gasteiger partial charge < -0.3 is 15.0 Å². The number of halogens is 1. The maximum Gasteiger partial charge on any atom is 0.410 e. The number of hydrogen-bond acceptors (Lipinski definition) is 5. The van der Waals surface area contributed by atoms with Gasteiger partial charge in [0.25, 0.3) is 0 Å². The number of nitrogens with one attached hydrogen (secondary N) is 1. The summed E-state index contributed by atoms with van der Waals surface area (Å²) in [6.07, 6.45) is 4.95. The van der Waals surface area contributed by atoms with E-state index < -0.39 is 5.60 Å². The Morgan fingerprint density at radius 1 is 1.28 bits per heavy atom. The topological polar surface area (TPSA) is 67.4 Å². The van der Waals surface area contributed by atoms with Gasteiger partial charge in [0.05, 0.1) is 5.52 Å². The Bertz CT molecular complexity index is 854. The van der Waals surface area contributed by atoms with Crippen molar-refractivity contribution in [1.29, 1.82) is 0 Å². The van der Waals surface area contributed by atoms with Crippen LogP contribution in [0.5, 0.6) is 0 Å². The van der Waals surface area contributed by atoms with Crippen LogP contribution in [-0.2, 0) is 4.74 Å². The highest BCUT2D eigenvalue weighted by atomic mass is 35.5. The predicted octanol–water partition coefficient (Wildman–Crippen LogP) is 5.65. The average molecular weight is 419 g/mol. The van der Waals surface area contributed by atoms with E-state index in [9.17, 15) is 4.79 Å². The number of amides is 1. The fraction of sp³-hybridized carbons (Fsp3) is 0.591. The minimum atomic E-state index is -0.501. The molecule has 3 heterocycles. The Morgan fingerprint density at radius 3 is 2.52 bits per heavy atom. The fourth-order valence-corrected chi connectivity index (χ4v) is 4.27. The van der Waals surface area contributed by atoms with Gasteiger partial charge in [0.2, 0.25) is 0 Å². The zero-order chi connectivity index (χ0) is 21.2. The van der Waals surface area contributed by atoms with Gasteiger partial charge in [-0.05, 0) is 58.6 Å². The number of piperidine rings is 1. The number of fused-ring (bicyclic) bond motifs is 1. The summed E-state index contributed by atoms with van der Waals surface area (Å²) in [6, 6.07) is 6.10. The Balaban J connectivity index is 1.83. The summed E-state index contributed by atoms with van der Waals surface area (Å²) in [4.78, 5) is 23.7. The molecular weight excluding hydrogens is 388 g/mol. The molecule has 2 atom stereocenters. The maximum atomic E-state index is 12.9. The number of nitrogens with zero attached hydrogens (tertiary/aromatic N) is 3. The van der Waals surface area contributed by atoms with Crippen molar-refractivity contribution in [2.24, 2.45) is 0 Å². The van der Waals surface area contributed by atoms with E-state index in [-0.39, 0.29) is 24.2 Å². The van der Waals surface area contributed by atoms with Crippen LogP contribution >= 0.6 is 11.6 Å². The molecule has 0 aliphatic carbocycles. The van der Waals surface area contributed by atoms with E-state index in [0.29, 0.717) is 5.15 Å². The highest BCUT2D eigenvalue weighted by Crippen LogP contribution is 2.32. The van der Waals surface area contributed by atoms with Crippen LogP contribution in [0.1, 0.15) is 60.3 Å². The van der Waals surface area contributed by atoms with E-state index in [1.165, 1.54) is 0 Å². The lowest BCUT2D eigenvalue weighted by Gasteiger charge is -2.45. The molecule has 0 spiro atoms. The van der Waals surface area contributed by atoms with Crippen molar-refractivity contribution < 1.29 is 9.53 Å². The zero-order valence-corrected chi connectivity index (χ0v) is 18.7. The minimum absolute atomic E-state index is 0.115. The molecule has 0 radical (unpaired) electrons. The van der Waals surface area contributed by atoms with Crippen LogP contribution in [0.25, 0.3) is 10.9 Å². The maximum absolute atomic E-state index is 12.9. The summed E-state index contributed by atoms with van der Waals surface area (Å²) >= 11 is 6.22. The van der Waals surface area contributed by atoms with Gasteiger partial charge in [0.1, 0.15) is 16.6 Å².